The summed E-state index contributed by atoms with van der Waals surface area (Å²) < 4.78 is 2.53. The fraction of sp³-hybridized carbons (Fsp3) is 0.500. The van der Waals surface area contributed by atoms with Gasteiger partial charge in [-0.1, -0.05) is 11.8 Å². The van der Waals surface area contributed by atoms with Crippen molar-refractivity contribution in [2.24, 2.45) is 7.05 Å². The van der Waals surface area contributed by atoms with Crippen LogP contribution in [0.2, 0.25) is 0 Å². The first-order valence-electron chi connectivity index (χ1n) is 8.07. The smallest absolute Gasteiger partial charge is 0.257 e. The first kappa shape index (κ1) is 18.2. The molecule has 1 aliphatic heterocycles. The van der Waals surface area contributed by atoms with Gasteiger partial charge < -0.3 is 9.80 Å². The molecule has 1 unspecified atom stereocenters. The van der Waals surface area contributed by atoms with E-state index in [1.54, 1.807) is 23.3 Å². The van der Waals surface area contributed by atoms with Gasteiger partial charge in [0.05, 0.1) is 16.2 Å². The van der Waals surface area contributed by atoms with Crippen molar-refractivity contribution in [2.45, 2.75) is 24.0 Å². The van der Waals surface area contributed by atoms with E-state index in [2.05, 4.69) is 35.9 Å². The molecule has 2 aromatic heterocycles. The summed E-state index contributed by atoms with van der Waals surface area (Å²) >= 11 is 5.08. The van der Waals surface area contributed by atoms with Gasteiger partial charge in [0.2, 0.25) is 0 Å². The largest absolute Gasteiger partial charge is 0.353 e. The molecule has 1 atom stereocenters. The molecule has 2 aromatic rings. The third-order valence-corrected chi connectivity index (χ3v) is 5.52. The topological polar surface area (TPSA) is 67.2 Å². The highest BCUT2D eigenvalue weighted by atomic mass is 79.9. The lowest BCUT2D eigenvalue weighted by atomic mass is 10.0. The molecule has 0 saturated carbocycles. The quantitative estimate of drug-likeness (QED) is 0.554. The van der Waals surface area contributed by atoms with Crippen LogP contribution in [-0.2, 0) is 7.05 Å². The lowest BCUT2D eigenvalue weighted by molar-refractivity contribution is 0.0717. The Morgan fingerprint density at radius 2 is 2.24 bits per heavy atom. The normalized spacial score (nSPS) is 17.6. The molecular formula is C16H21BrN6OS. The summed E-state index contributed by atoms with van der Waals surface area (Å²) in [6.07, 6.45) is 9.13. The molecule has 3 rings (SSSR count). The van der Waals surface area contributed by atoms with E-state index in [9.17, 15) is 4.79 Å². The molecule has 0 bridgehead atoms. The van der Waals surface area contributed by atoms with Crippen molar-refractivity contribution in [3.63, 3.8) is 0 Å². The van der Waals surface area contributed by atoms with E-state index in [0.717, 1.165) is 41.4 Å². The standard InChI is InChI=1S/C16H21BrN6OS/c1-21-9-11(7-19-21)15(24)22(2)12-5-4-6-23(10-12)14-13(17)8-18-16(20-14)25-3/h7-9,12H,4-6,10H2,1-3H3. The summed E-state index contributed by atoms with van der Waals surface area (Å²) in [5.74, 6) is 0.901. The monoisotopic (exact) mass is 424 g/mol. The Balaban J connectivity index is 1.75. The zero-order chi connectivity index (χ0) is 18.0. The zero-order valence-corrected chi connectivity index (χ0v) is 16.9. The molecule has 0 spiro atoms. The van der Waals surface area contributed by atoms with Crippen molar-refractivity contribution in [1.29, 1.82) is 0 Å². The average Bonchev–Trinajstić information content (AvgIpc) is 3.07. The number of nitrogens with zero attached hydrogens (tertiary/aromatic N) is 6. The molecule has 0 aliphatic carbocycles. The van der Waals surface area contributed by atoms with E-state index in [1.807, 2.05) is 25.3 Å². The maximum absolute atomic E-state index is 12.7. The number of carbonyl (C=O) groups excluding carboxylic acids is 1. The number of halogens is 1. The van der Waals surface area contributed by atoms with E-state index < -0.39 is 0 Å². The number of piperidine rings is 1. The Hall–Kier alpha value is -1.61. The predicted molar refractivity (Wildman–Crippen MR) is 102 cm³/mol. The van der Waals surface area contributed by atoms with Crippen molar-refractivity contribution in [1.82, 2.24) is 24.6 Å². The maximum atomic E-state index is 12.7. The highest BCUT2D eigenvalue weighted by Crippen LogP contribution is 2.29. The van der Waals surface area contributed by atoms with Gasteiger partial charge in [-0.25, -0.2) is 9.97 Å². The Morgan fingerprint density at radius 1 is 1.44 bits per heavy atom. The molecule has 1 fully saturated rings. The van der Waals surface area contributed by atoms with Gasteiger partial charge in [-0.2, -0.15) is 5.10 Å². The van der Waals surface area contributed by atoms with Gasteiger partial charge in [0.15, 0.2) is 5.16 Å². The van der Waals surface area contributed by atoms with Gasteiger partial charge in [0.25, 0.3) is 5.91 Å². The first-order valence-corrected chi connectivity index (χ1v) is 10.1. The minimum Gasteiger partial charge on any atom is -0.353 e. The number of hydrogen-bond acceptors (Lipinski definition) is 6. The second-order valence-corrected chi connectivity index (χ2v) is 7.72. The lowest BCUT2D eigenvalue weighted by Crippen LogP contribution is -2.49. The zero-order valence-electron chi connectivity index (χ0n) is 14.5. The molecule has 7 nitrogen and oxygen atoms in total. The Bertz CT molecular complexity index is 767. The minimum absolute atomic E-state index is 0.00602. The number of aromatic nitrogens is 4. The number of hydrogen-bond donors (Lipinski definition) is 0. The highest BCUT2D eigenvalue weighted by Gasteiger charge is 2.28. The summed E-state index contributed by atoms with van der Waals surface area (Å²) in [5, 5.41) is 4.84. The number of thioether (sulfide) groups is 1. The van der Waals surface area contributed by atoms with E-state index in [0.29, 0.717) is 5.56 Å². The van der Waals surface area contributed by atoms with Crippen molar-refractivity contribution in [3.05, 3.63) is 28.6 Å². The van der Waals surface area contributed by atoms with Crippen LogP contribution < -0.4 is 4.90 Å². The van der Waals surface area contributed by atoms with Crippen LogP contribution in [-0.4, -0.2) is 63.0 Å². The molecule has 1 saturated heterocycles. The van der Waals surface area contributed by atoms with E-state index in [4.69, 9.17) is 0 Å². The SMILES string of the molecule is CSc1ncc(Br)c(N2CCCC(N(C)C(=O)c3cnn(C)c3)C2)n1. The number of rotatable bonds is 4. The van der Waals surface area contributed by atoms with Crippen LogP contribution in [0, 0.1) is 0 Å². The Kier molecular flexibility index (Phi) is 5.63. The third-order valence-electron chi connectivity index (χ3n) is 4.40. The van der Waals surface area contributed by atoms with Gasteiger partial charge in [0, 0.05) is 45.6 Å². The van der Waals surface area contributed by atoms with Gasteiger partial charge in [-0.05, 0) is 35.0 Å². The van der Waals surface area contributed by atoms with Gasteiger partial charge >= 0.3 is 0 Å². The second kappa shape index (κ2) is 7.74. The summed E-state index contributed by atoms with van der Waals surface area (Å²) in [7, 11) is 3.68. The number of carbonyl (C=O) groups is 1. The van der Waals surface area contributed by atoms with Crippen LogP contribution >= 0.6 is 27.7 Å². The van der Waals surface area contributed by atoms with Gasteiger partial charge in [0.1, 0.15) is 5.82 Å². The average molecular weight is 425 g/mol. The van der Waals surface area contributed by atoms with Crippen LogP contribution in [0.5, 0.6) is 0 Å². The van der Waals surface area contributed by atoms with Crippen LogP contribution in [0.4, 0.5) is 5.82 Å². The van der Waals surface area contributed by atoms with Gasteiger partial charge in [-0.15, -0.1) is 0 Å². The van der Waals surface area contributed by atoms with Crippen molar-refractivity contribution >= 4 is 39.4 Å². The Morgan fingerprint density at radius 3 is 2.92 bits per heavy atom. The maximum Gasteiger partial charge on any atom is 0.257 e. The number of amides is 1. The predicted octanol–water partition coefficient (Wildman–Crippen LogP) is 2.44. The minimum atomic E-state index is 0.00602. The molecule has 1 amide bonds. The molecule has 134 valence electrons. The van der Waals surface area contributed by atoms with E-state index in [1.165, 1.54) is 11.8 Å². The van der Waals surface area contributed by atoms with E-state index in [-0.39, 0.29) is 11.9 Å². The number of anilines is 1. The summed E-state index contributed by atoms with van der Waals surface area (Å²) in [6, 6.07) is 0.140. The molecule has 0 aromatic carbocycles. The van der Waals surface area contributed by atoms with E-state index >= 15 is 0 Å². The fourth-order valence-electron chi connectivity index (χ4n) is 3.03. The summed E-state index contributed by atoms with van der Waals surface area (Å²) in [6.45, 7) is 1.68. The lowest BCUT2D eigenvalue weighted by Gasteiger charge is -2.38. The van der Waals surface area contributed by atoms with Crippen LogP contribution in [0.15, 0.2) is 28.2 Å². The third kappa shape index (κ3) is 3.98. The number of aryl methyl sites for hydroxylation is 1. The molecule has 0 N–H and O–H groups in total. The second-order valence-electron chi connectivity index (χ2n) is 6.09. The van der Waals surface area contributed by atoms with Crippen molar-refractivity contribution < 1.29 is 4.79 Å². The summed E-state index contributed by atoms with van der Waals surface area (Å²) in [4.78, 5) is 25.6. The molecule has 25 heavy (non-hydrogen) atoms. The number of likely N-dealkylation sites (N-methyl/N-ethyl adjacent to an activating group) is 1. The first-order chi connectivity index (χ1) is 12.0. The van der Waals surface area contributed by atoms with Gasteiger partial charge in [-0.3, -0.25) is 9.48 Å². The highest BCUT2D eigenvalue weighted by molar-refractivity contribution is 9.10. The molecule has 9 heteroatoms. The molecular weight excluding hydrogens is 404 g/mol. The van der Waals surface area contributed by atoms with Crippen molar-refractivity contribution in [3.8, 4) is 0 Å². The summed E-state index contributed by atoms with van der Waals surface area (Å²) in [5.41, 5.74) is 0.620. The fourth-order valence-corrected chi connectivity index (χ4v) is 3.80. The Labute approximate surface area is 159 Å². The molecule has 1 aliphatic rings. The molecule has 3 heterocycles. The van der Waals surface area contributed by atoms with Crippen molar-refractivity contribution in [2.75, 3.05) is 31.3 Å². The van der Waals surface area contributed by atoms with Crippen LogP contribution in [0.3, 0.4) is 0 Å². The van der Waals surface area contributed by atoms with Crippen LogP contribution in [0.1, 0.15) is 23.2 Å². The van der Waals surface area contributed by atoms with Crippen LogP contribution in [0.25, 0.3) is 0 Å². The molecule has 0 radical (unpaired) electrons.